The van der Waals surface area contributed by atoms with E-state index in [1.165, 1.54) is 6.33 Å². The summed E-state index contributed by atoms with van der Waals surface area (Å²) in [5, 5.41) is 11.1. The quantitative estimate of drug-likeness (QED) is 0.463. The molecular weight excluding hydrogens is 330 g/mol. The monoisotopic (exact) mass is 347 g/mol. The second-order valence-electron chi connectivity index (χ2n) is 5.64. The molecule has 0 saturated heterocycles. The van der Waals surface area contributed by atoms with E-state index in [0.717, 1.165) is 10.9 Å². The van der Waals surface area contributed by atoms with Crippen molar-refractivity contribution in [1.82, 2.24) is 30.0 Å². The van der Waals surface area contributed by atoms with Gasteiger partial charge >= 0.3 is 0 Å². The molecule has 0 bridgehead atoms. The molecule has 8 heteroatoms. The van der Waals surface area contributed by atoms with E-state index in [4.69, 9.17) is 0 Å². The van der Waals surface area contributed by atoms with Crippen molar-refractivity contribution in [1.29, 1.82) is 0 Å². The van der Waals surface area contributed by atoms with Crippen LogP contribution in [0.4, 0.5) is 5.82 Å². The molecule has 26 heavy (non-hydrogen) atoms. The van der Waals surface area contributed by atoms with Gasteiger partial charge in [0.1, 0.15) is 12.1 Å². The summed E-state index contributed by atoms with van der Waals surface area (Å²) >= 11 is 0. The van der Waals surface area contributed by atoms with Crippen molar-refractivity contribution in [3.05, 3.63) is 66.9 Å². The molecule has 4 aromatic rings. The zero-order chi connectivity index (χ0) is 17.8. The molecule has 0 unspecified atom stereocenters. The number of nitrogens with one attached hydrogen (secondary N) is 3. The highest BCUT2D eigenvalue weighted by Gasteiger charge is 2.10. The molecule has 3 heterocycles. The highest BCUT2D eigenvalue weighted by atomic mass is 16.1. The second-order valence-corrected chi connectivity index (χ2v) is 5.64. The number of fused-ring (bicyclic) bond motifs is 1. The number of aromatic amines is 1. The van der Waals surface area contributed by atoms with Crippen molar-refractivity contribution < 1.29 is 4.79 Å². The fourth-order valence-corrected chi connectivity index (χ4v) is 2.69. The molecule has 4 rings (SSSR count). The first-order chi connectivity index (χ1) is 12.8. The number of nitrogens with zero attached hydrogens (tertiary/aromatic N) is 4. The maximum atomic E-state index is 12.3. The van der Waals surface area contributed by atoms with Crippen LogP contribution in [0.2, 0.25) is 0 Å². The molecule has 1 amide bonds. The number of hydrogen-bond donors (Lipinski definition) is 3. The van der Waals surface area contributed by atoms with Gasteiger partial charge in [0.2, 0.25) is 0 Å². The first-order valence-corrected chi connectivity index (χ1v) is 8.21. The van der Waals surface area contributed by atoms with Crippen LogP contribution in [-0.2, 0) is 0 Å². The number of para-hydroxylation sites is 1. The summed E-state index contributed by atoms with van der Waals surface area (Å²) in [6.45, 7) is 1.02. The Bertz CT molecular complexity index is 1020. The van der Waals surface area contributed by atoms with E-state index in [1.807, 2.05) is 36.5 Å². The molecule has 0 spiro atoms. The van der Waals surface area contributed by atoms with Crippen molar-refractivity contribution in [2.24, 2.45) is 0 Å². The lowest BCUT2D eigenvalue weighted by Crippen LogP contribution is -2.28. The van der Waals surface area contributed by atoms with E-state index in [2.05, 4.69) is 30.7 Å². The van der Waals surface area contributed by atoms with E-state index >= 15 is 0 Å². The van der Waals surface area contributed by atoms with E-state index < -0.39 is 0 Å². The third-order valence-electron chi connectivity index (χ3n) is 3.94. The predicted molar refractivity (Wildman–Crippen MR) is 98.3 cm³/mol. The molecule has 130 valence electrons. The number of carbonyl (C=O) groups excluding carboxylic acids is 1. The molecule has 3 aromatic heterocycles. The van der Waals surface area contributed by atoms with Crippen LogP contribution in [0.15, 0.2) is 61.3 Å². The zero-order valence-electron chi connectivity index (χ0n) is 13.9. The first-order valence-electron chi connectivity index (χ1n) is 8.21. The summed E-state index contributed by atoms with van der Waals surface area (Å²) in [6.07, 6.45) is 6.71. The first kappa shape index (κ1) is 15.8. The normalized spacial score (nSPS) is 10.8. The lowest BCUT2D eigenvalue weighted by atomic mass is 10.1. The molecule has 0 aliphatic carbocycles. The molecule has 0 atom stereocenters. The Hall–Kier alpha value is -3.68. The van der Waals surface area contributed by atoms with Crippen molar-refractivity contribution in [3.8, 4) is 5.82 Å². The number of benzene rings is 1. The van der Waals surface area contributed by atoms with Crippen LogP contribution in [-0.4, -0.2) is 43.7 Å². The Morgan fingerprint density at radius 3 is 2.96 bits per heavy atom. The lowest BCUT2D eigenvalue weighted by Gasteiger charge is -2.08. The van der Waals surface area contributed by atoms with Gasteiger partial charge in [-0.25, -0.2) is 14.6 Å². The molecular formula is C18H17N7O. The average molecular weight is 347 g/mol. The second kappa shape index (κ2) is 7.06. The van der Waals surface area contributed by atoms with E-state index in [-0.39, 0.29) is 5.91 Å². The summed E-state index contributed by atoms with van der Waals surface area (Å²) in [6, 6.07) is 11.4. The highest BCUT2D eigenvalue weighted by molar-refractivity contribution is 6.06. The van der Waals surface area contributed by atoms with Crippen LogP contribution in [0.1, 0.15) is 10.4 Å². The van der Waals surface area contributed by atoms with Gasteiger partial charge in [-0.15, -0.1) is 0 Å². The number of aromatic nitrogens is 5. The Labute approximate surface area is 149 Å². The van der Waals surface area contributed by atoms with Crippen molar-refractivity contribution in [2.45, 2.75) is 0 Å². The average Bonchev–Trinajstić information content (AvgIpc) is 3.35. The maximum absolute atomic E-state index is 12.3. The fraction of sp³-hybridized carbons (Fsp3) is 0.111. The molecule has 0 aliphatic rings. The summed E-state index contributed by atoms with van der Waals surface area (Å²) in [5.41, 5.74) is 1.59. The maximum Gasteiger partial charge on any atom is 0.253 e. The third-order valence-corrected chi connectivity index (χ3v) is 3.94. The van der Waals surface area contributed by atoms with Gasteiger partial charge < -0.3 is 15.6 Å². The van der Waals surface area contributed by atoms with Crippen LogP contribution >= 0.6 is 0 Å². The molecule has 0 radical (unpaired) electrons. The Morgan fingerprint density at radius 1 is 1.15 bits per heavy atom. The number of amides is 1. The molecule has 8 nitrogen and oxygen atoms in total. The molecule has 0 saturated carbocycles. The Morgan fingerprint density at radius 2 is 2.08 bits per heavy atom. The standard InChI is InChI=1S/C18H17N7O/c26-18(14-11-21-15-5-2-1-4-13(14)15)20-8-7-19-16-10-17(23-12-22-16)25-9-3-6-24-25/h1-6,9-12,21H,7-8H2,(H,20,26)(H,19,22,23). The highest BCUT2D eigenvalue weighted by Crippen LogP contribution is 2.17. The molecule has 0 fully saturated rings. The van der Waals surface area contributed by atoms with Crippen LogP contribution in [0.25, 0.3) is 16.7 Å². The third kappa shape index (κ3) is 3.25. The van der Waals surface area contributed by atoms with E-state index in [0.29, 0.717) is 30.3 Å². The van der Waals surface area contributed by atoms with Gasteiger partial charge in [0.25, 0.3) is 5.91 Å². The van der Waals surface area contributed by atoms with E-state index in [9.17, 15) is 4.79 Å². The van der Waals surface area contributed by atoms with Crippen molar-refractivity contribution in [2.75, 3.05) is 18.4 Å². The van der Waals surface area contributed by atoms with Crippen molar-refractivity contribution >= 4 is 22.6 Å². The Balaban J connectivity index is 1.33. The largest absolute Gasteiger partial charge is 0.368 e. The summed E-state index contributed by atoms with van der Waals surface area (Å²) < 4.78 is 1.66. The van der Waals surface area contributed by atoms with Crippen LogP contribution < -0.4 is 10.6 Å². The van der Waals surface area contributed by atoms with Gasteiger partial charge in [-0.3, -0.25) is 4.79 Å². The zero-order valence-corrected chi connectivity index (χ0v) is 13.9. The number of anilines is 1. The summed E-state index contributed by atoms with van der Waals surface area (Å²) in [5.74, 6) is 1.24. The van der Waals surface area contributed by atoms with Crippen LogP contribution in [0.3, 0.4) is 0 Å². The number of H-pyrrole nitrogens is 1. The number of rotatable bonds is 6. The van der Waals surface area contributed by atoms with Gasteiger partial charge in [0, 0.05) is 48.6 Å². The minimum absolute atomic E-state index is 0.107. The minimum atomic E-state index is -0.107. The number of hydrogen-bond acceptors (Lipinski definition) is 5. The van der Waals surface area contributed by atoms with Crippen molar-refractivity contribution in [3.63, 3.8) is 0 Å². The van der Waals surface area contributed by atoms with E-state index in [1.54, 1.807) is 23.1 Å². The lowest BCUT2D eigenvalue weighted by molar-refractivity contribution is 0.0957. The minimum Gasteiger partial charge on any atom is -0.368 e. The Kier molecular flexibility index (Phi) is 4.29. The summed E-state index contributed by atoms with van der Waals surface area (Å²) in [4.78, 5) is 23.8. The predicted octanol–water partition coefficient (Wildman–Crippen LogP) is 1.99. The van der Waals surface area contributed by atoms with Gasteiger partial charge in [0.15, 0.2) is 5.82 Å². The topological polar surface area (TPSA) is 101 Å². The van der Waals surface area contributed by atoms with Gasteiger partial charge in [0.05, 0.1) is 5.56 Å². The van der Waals surface area contributed by atoms with Crippen LogP contribution in [0, 0.1) is 0 Å². The molecule has 1 aromatic carbocycles. The molecule has 0 aliphatic heterocycles. The van der Waals surface area contributed by atoms with Gasteiger partial charge in [-0.05, 0) is 12.1 Å². The SMILES string of the molecule is O=C(NCCNc1cc(-n2cccn2)ncn1)c1c[nH]c2ccccc12. The summed E-state index contributed by atoms with van der Waals surface area (Å²) in [7, 11) is 0. The van der Waals surface area contributed by atoms with Gasteiger partial charge in [-0.1, -0.05) is 18.2 Å². The smallest absolute Gasteiger partial charge is 0.253 e. The van der Waals surface area contributed by atoms with Crippen LogP contribution in [0.5, 0.6) is 0 Å². The fourth-order valence-electron chi connectivity index (χ4n) is 2.69. The number of carbonyl (C=O) groups is 1. The molecule has 3 N–H and O–H groups in total. The van der Waals surface area contributed by atoms with Gasteiger partial charge in [-0.2, -0.15) is 5.10 Å².